The van der Waals surface area contributed by atoms with Gasteiger partial charge in [-0.1, -0.05) is 30.3 Å². The zero-order valence-corrected chi connectivity index (χ0v) is 10.8. The zero-order chi connectivity index (χ0) is 13.7. The Bertz CT molecular complexity index is 409. The summed E-state index contributed by atoms with van der Waals surface area (Å²) in [4.78, 5) is 11.9. The highest BCUT2D eigenvalue weighted by Gasteiger charge is 2.35. The van der Waals surface area contributed by atoms with Gasteiger partial charge in [-0.3, -0.25) is 4.79 Å². The molecule has 3 atom stereocenters. The van der Waals surface area contributed by atoms with Crippen LogP contribution in [0, 0.1) is 0 Å². The normalized spacial score (nSPS) is 27.2. The molecule has 1 aliphatic rings. The maximum absolute atomic E-state index is 13.6. The van der Waals surface area contributed by atoms with Crippen LogP contribution in [0.5, 0.6) is 0 Å². The van der Waals surface area contributed by atoms with E-state index in [9.17, 15) is 9.18 Å². The van der Waals surface area contributed by atoms with Crippen molar-refractivity contribution in [3.63, 3.8) is 0 Å². The molecule has 5 heteroatoms. The van der Waals surface area contributed by atoms with Crippen LogP contribution in [0.4, 0.5) is 4.39 Å². The molecule has 0 amide bonds. The van der Waals surface area contributed by atoms with Crippen LogP contribution in [0.2, 0.25) is 0 Å². The molecule has 0 aliphatic carbocycles. The molecule has 2 rings (SSSR count). The number of ketones is 1. The van der Waals surface area contributed by atoms with Crippen LogP contribution in [-0.2, 0) is 14.2 Å². The number of halogens is 1. The van der Waals surface area contributed by atoms with Gasteiger partial charge in [-0.2, -0.15) is 0 Å². The average Bonchev–Trinajstić information content (AvgIpc) is 2.46. The van der Waals surface area contributed by atoms with Crippen LogP contribution in [-0.4, -0.2) is 44.7 Å². The molecular weight excluding hydrogens is 251 g/mol. The fraction of sp³-hybridized carbons (Fsp3) is 0.500. The van der Waals surface area contributed by atoms with E-state index in [0.717, 1.165) is 0 Å². The topological polar surface area (TPSA) is 44.8 Å². The van der Waals surface area contributed by atoms with E-state index in [0.29, 0.717) is 18.6 Å². The lowest BCUT2D eigenvalue weighted by Gasteiger charge is -2.32. The van der Waals surface area contributed by atoms with Gasteiger partial charge in [0.05, 0.1) is 12.7 Å². The second-order valence-electron chi connectivity index (χ2n) is 4.35. The van der Waals surface area contributed by atoms with Crippen molar-refractivity contribution in [2.75, 3.05) is 20.3 Å². The molecule has 104 valence electrons. The highest BCUT2D eigenvalue weighted by atomic mass is 19.1. The van der Waals surface area contributed by atoms with E-state index in [-0.39, 0.29) is 18.5 Å². The van der Waals surface area contributed by atoms with Gasteiger partial charge in [0.15, 0.2) is 5.78 Å². The molecule has 1 aromatic rings. The Kier molecular flexibility index (Phi) is 5.01. The number of hydrogen-bond donors (Lipinski definition) is 0. The van der Waals surface area contributed by atoms with E-state index in [4.69, 9.17) is 14.2 Å². The number of hydrogen-bond acceptors (Lipinski definition) is 4. The minimum absolute atomic E-state index is 0.182. The number of benzene rings is 1. The number of methoxy groups -OCH3 is 1. The fourth-order valence-electron chi connectivity index (χ4n) is 2.04. The largest absolute Gasteiger partial charge is 0.378 e. The van der Waals surface area contributed by atoms with Crippen molar-refractivity contribution < 1.29 is 23.4 Å². The van der Waals surface area contributed by atoms with Crippen LogP contribution in [0.25, 0.3) is 0 Å². The van der Waals surface area contributed by atoms with E-state index in [2.05, 4.69) is 0 Å². The van der Waals surface area contributed by atoms with Crippen molar-refractivity contribution >= 4 is 5.78 Å². The van der Waals surface area contributed by atoms with Crippen molar-refractivity contribution in [2.24, 2.45) is 0 Å². The number of alkyl halides is 1. The molecule has 0 spiro atoms. The lowest BCUT2D eigenvalue weighted by Crippen LogP contribution is -2.45. The van der Waals surface area contributed by atoms with Gasteiger partial charge in [-0.05, 0) is 6.42 Å². The van der Waals surface area contributed by atoms with Gasteiger partial charge in [0.1, 0.15) is 12.7 Å². The molecule has 1 fully saturated rings. The lowest BCUT2D eigenvalue weighted by atomic mass is 10.1. The number of carbonyl (C=O) groups is 1. The first-order valence-electron chi connectivity index (χ1n) is 6.20. The number of rotatable bonds is 5. The Morgan fingerprint density at radius 2 is 2.16 bits per heavy atom. The third-order valence-corrected chi connectivity index (χ3v) is 3.11. The van der Waals surface area contributed by atoms with Gasteiger partial charge in [-0.15, -0.1) is 0 Å². The van der Waals surface area contributed by atoms with E-state index in [1.54, 1.807) is 24.3 Å². The third kappa shape index (κ3) is 3.59. The third-order valence-electron chi connectivity index (χ3n) is 3.11. The Labute approximate surface area is 111 Å². The maximum Gasteiger partial charge on any atom is 0.227 e. The molecule has 0 saturated carbocycles. The van der Waals surface area contributed by atoms with Crippen molar-refractivity contribution in [3.8, 4) is 0 Å². The van der Waals surface area contributed by atoms with Crippen molar-refractivity contribution in [2.45, 2.75) is 25.0 Å². The Morgan fingerprint density at radius 1 is 1.42 bits per heavy atom. The maximum atomic E-state index is 13.6. The Hall–Kier alpha value is -1.30. The molecule has 4 nitrogen and oxygen atoms in total. The number of carbonyl (C=O) groups excluding carboxylic acids is 1. The predicted molar refractivity (Wildman–Crippen MR) is 66.8 cm³/mol. The molecule has 0 N–H and O–H groups in total. The van der Waals surface area contributed by atoms with Crippen molar-refractivity contribution in [1.82, 2.24) is 0 Å². The summed E-state index contributed by atoms with van der Waals surface area (Å²) in [7, 11) is 1.50. The monoisotopic (exact) mass is 268 g/mol. The van der Waals surface area contributed by atoms with Crippen LogP contribution in [0.15, 0.2) is 30.3 Å². The van der Waals surface area contributed by atoms with Crippen LogP contribution in [0.1, 0.15) is 16.8 Å². The molecule has 1 heterocycles. The van der Waals surface area contributed by atoms with Gasteiger partial charge < -0.3 is 14.2 Å². The van der Waals surface area contributed by atoms with E-state index < -0.39 is 12.5 Å². The van der Waals surface area contributed by atoms with Gasteiger partial charge in [0, 0.05) is 12.7 Å². The summed E-state index contributed by atoms with van der Waals surface area (Å²) in [5.74, 6) is -0.187. The molecule has 0 radical (unpaired) electrons. The van der Waals surface area contributed by atoms with E-state index >= 15 is 0 Å². The summed E-state index contributed by atoms with van der Waals surface area (Å²) in [6.45, 7) is 0.116. The van der Waals surface area contributed by atoms with E-state index in [1.807, 2.05) is 6.07 Å². The summed E-state index contributed by atoms with van der Waals surface area (Å²) in [6, 6.07) is 8.76. The minimum atomic E-state index is -1.55. The number of ether oxygens (including phenoxy) is 3. The standard InChI is InChI=1S/C14H17FO4/c1-17-12-7-8-18-14(15)13(12)19-9-11(16)10-5-3-2-4-6-10/h2-6,12-14H,7-9H2,1H3. The smallest absolute Gasteiger partial charge is 0.227 e. The lowest BCUT2D eigenvalue weighted by molar-refractivity contribution is -0.206. The van der Waals surface area contributed by atoms with Crippen molar-refractivity contribution in [1.29, 1.82) is 0 Å². The van der Waals surface area contributed by atoms with Gasteiger partial charge in [0.25, 0.3) is 0 Å². The Balaban J connectivity index is 1.91. The first-order valence-corrected chi connectivity index (χ1v) is 6.20. The highest BCUT2D eigenvalue weighted by Crippen LogP contribution is 2.21. The fourth-order valence-corrected chi connectivity index (χ4v) is 2.04. The second kappa shape index (κ2) is 6.75. The average molecular weight is 268 g/mol. The first-order chi connectivity index (χ1) is 9.22. The quantitative estimate of drug-likeness (QED) is 0.766. The van der Waals surface area contributed by atoms with Crippen LogP contribution < -0.4 is 0 Å². The molecule has 1 aromatic carbocycles. The van der Waals surface area contributed by atoms with E-state index in [1.165, 1.54) is 7.11 Å². The van der Waals surface area contributed by atoms with Crippen molar-refractivity contribution in [3.05, 3.63) is 35.9 Å². The minimum Gasteiger partial charge on any atom is -0.378 e. The summed E-state index contributed by atoms with van der Waals surface area (Å²) in [5.41, 5.74) is 0.545. The zero-order valence-electron chi connectivity index (χ0n) is 10.8. The second-order valence-corrected chi connectivity index (χ2v) is 4.35. The summed E-state index contributed by atoms with van der Waals surface area (Å²) >= 11 is 0. The Morgan fingerprint density at radius 3 is 2.84 bits per heavy atom. The predicted octanol–water partition coefficient (Wildman–Crippen LogP) is 1.99. The molecule has 19 heavy (non-hydrogen) atoms. The number of Topliss-reactive ketones (excluding diaryl/α,β-unsaturated/α-hetero) is 1. The summed E-state index contributed by atoms with van der Waals surface area (Å²) in [6.07, 6.45) is -2.23. The first kappa shape index (κ1) is 14.1. The van der Waals surface area contributed by atoms with Gasteiger partial charge in [0.2, 0.25) is 6.36 Å². The SMILES string of the molecule is COC1CCOC(F)C1OCC(=O)c1ccccc1. The molecular formula is C14H17FO4. The van der Waals surface area contributed by atoms with Crippen LogP contribution in [0.3, 0.4) is 0 Å². The molecule has 1 aliphatic heterocycles. The molecule has 0 bridgehead atoms. The summed E-state index contributed by atoms with van der Waals surface area (Å²) in [5, 5.41) is 0. The molecule has 3 unspecified atom stereocenters. The van der Waals surface area contributed by atoms with Crippen LogP contribution >= 0.6 is 0 Å². The van der Waals surface area contributed by atoms with Gasteiger partial charge >= 0.3 is 0 Å². The highest BCUT2D eigenvalue weighted by molar-refractivity contribution is 5.97. The summed E-state index contributed by atoms with van der Waals surface area (Å²) < 4.78 is 29.0. The molecule has 0 aromatic heterocycles. The molecule has 1 saturated heterocycles. The van der Waals surface area contributed by atoms with Gasteiger partial charge in [-0.25, -0.2) is 4.39 Å².